The van der Waals surface area contributed by atoms with Crippen molar-refractivity contribution in [1.82, 2.24) is 9.88 Å². The summed E-state index contributed by atoms with van der Waals surface area (Å²) in [5.41, 5.74) is 1.78. The summed E-state index contributed by atoms with van der Waals surface area (Å²) in [7, 11) is 0. The molecule has 152 valence electrons. The van der Waals surface area contributed by atoms with Gasteiger partial charge in [0.05, 0.1) is 16.4 Å². The molecule has 1 aliphatic rings. The Labute approximate surface area is 178 Å². The predicted octanol–water partition coefficient (Wildman–Crippen LogP) is 3.82. The monoisotopic (exact) mass is 467 g/mol. The van der Waals surface area contributed by atoms with Gasteiger partial charge in [-0.15, -0.1) is 0 Å². The maximum atomic E-state index is 10.9. The highest BCUT2D eigenvalue weighted by molar-refractivity contribution is 9.11. The molecule has 2 unspecified atom stereocenters. The van der Waals surface area contributed by atoms with Crippen LogP contribution in [-0.4, -0.2) is 59.3 Å². The predicted molar refractivity (Wildman–Crippen MR) is 116 cm³/mol. The van der Waals surface area contributed by atoms with E-state index in [-0.39, 0.29) is 6.42 Å². The van der Waals surface area contributed by atoms with Crippen molar-refractivity contribution in [3.8, 4) is 5.75 Å². The molecule has 0 saturated carbocycles. The largest absolute Gasteiger partial charge is 0.492 e. The number of hydrogen-bond acceptors (Lipinski definition) is 6. The fourth-order valence-electron chi connectivity index (χ4n) is 3.69. The fraction of sp³-hybridized carbons (Fsp3) is 0.500. The third-order valence-electron chi connectivity index (χ3n) is 5.05. The average Bonchev–Trinajstić information content (AvgIpc) is 3.05. The van der Waals surface area contributed by atoms with E-state index in [0.29, 0.717) is 18.7 Å². The van der Waals surface area contributed by atoms with Gasteiger partial charge in [0.15, 0.2) is 5.13 Å². The molecule has 1 aromatic carbocycles. The molecule has 1 aliphatic heterocycles. The van der Waals surface area contributed by atoms with Crippen LogP contribution in [0.5, 0.6) is 5.75 Å². The quantitative estimate of drug-likeness (QED) is 0.667. The number of aryl methyl sites for hydroxylation is 1. The number of thiazole rings is 1. The molecule has 1 aromatic heterocycles. The van der Waals surface area contributed by atoms with Gasteiger partial charge in [0, 0.05) is 31.7 Å². The maximum Gasteiger partial charge on any atom is 0.307 e. The van der Waals surface area contributed by atoms with Crippen LogP contribution in [0.15, 0.2) is 28.2 Å². The van der Waals surface area contributed by atoms with Crippen LogP contribution < -0.4 is 9.64 Å². The second kappa shape index (κ2) is 9.24. The smallest absolute Gasteiger partial charge is 0.307 e. The molecule has 28 heavy (non-hydrogen) atoms. The van der Waals surface area contributed by atoms with Crippen LogP contribution in [0.2, 0.25) is 0 Å². The zero-order chi connectivity index (χ0) is 20.3. The third-order valence-corrected chi connectivity index (χ3v) is 6.59. The van der Waals surface area contributed by atoms with E-state index in [9.17, 15) is 4.79 Å². The van der Waals surface area contributed by atoms with Crippen molar-refractivity contribution in [3.05, 3.63) is 39.3 Å². The lowest BCUT2D eigenvalue weighted by atomic mass is 10.1. The molecule has 8 heteroatoms. The summed E-state index contributed by atoms with van der Waals surface area (Å²) in [6, 6.07) is 6.40. The highest BCUT2D eigenvalue weighted by Crippen LogP contribution is 2.29. The van der Waals surface area contributed by atoms with Gasteiger partial charge in [-0.2, -0.15) is 0 Å². The molecule has 2 aromatic rings. The van der Waals surface area contributed by atoms with E-state index in [1.165, 1.54) is 0 Å². The van der Waals surface area contributed by atoms with Crippen LogP contribution in [0.25, 0.3) is 0 Å². The van der Waals surface area contributed by atoms with Crippen molar-refractivity contribution in [3.63, 3.8) is 0 Å². The Kier molecular flexibility index (Phi) is 6.95. The van der Waals surface area contributed by atoms with E-state index in [0.717, 1.165) is 45.4 Å². The number of anilines is 1. The maximum absolute atomic E-state index is 10.9. The molecule has 1 saturated heterocycles. The lowest BCUT2D eigenvalue weighted by Crippen LogP contribution is -2.57. The zero-order valence-electron chi connectivity index (χ0n) is 16.4. The molecule has 0 spiro atoms. The van der Waals surface area contributed by atoms with Gasteiger partial charge in [-0.3, -0.25) is 9.69 Å². The van der Waals surface area contributed by atoms with E-state index in [4.69, 9.17) is 9.84 Å². The lowest BCUT2D eigenvalue weighted by Gasteiger charge is -2.44. The van der Waals surface area contributed by atoms with Crippen LogP contribution in [0, 0.1) is 6.92 Å². The van der Waals surface area contributed by atoms with Crippen LogP contribution in [0.3, 0.4) is 0 Å². The normalized spacial score (nSPS) is 20.4. The Bertz CT molecular complexity index is 817. The summed E-state index contributed by atoms with van der Waals surface area (Å²) in [5, 5.41) is 10.0. The fourth-order valence-corrected chi connectivity index (χ4v) is 4.89. The minimum absolute atomic E-state index is 0.0134. The van der Waals surface area contributed by atoms with Crippen molar-refractivity contribution < 1.29 is 14.6 Å². The van der Waals surface area contributed by atoms with Crippen LogP contribution in [0.4, 0.5) is 5.13 Å². The number of ether oxygens (including phenoxy) is 1. The number of hydrogen-bond donors (Lipinski definition) is 1. The topological polar surface area (TPSA) is 65.9 Å². The van der Waals surface area contributed by atoms with Gasteiger partial charge in [0.25, 0.3) is 0 Å². The van der Waals surface area contributed by atoms with E-state index in [1.807, 2.05) is 31.3 Å². The number of benzene rings is 1. The minimum atomic E-state index is -0.831. The highest BCUT2D eigenvalue weighted by atomic mass is 79.9. The zero-order valence-corrected chi connectivity index (χ0v) is 18.8. The number of carbonyl (C=O) groups is 1. The molecule has 2 heterocycles. The van der Waals surface area contributed by atoms with Gasteiger partial charge in [0.2, 0.25) is 0 Å². The van der Waals surface area contributed by atoms with Gasteiger partial charge in [-0.25, -0.2) is 4.98 Å². The molecule has 1 N–H and O–H groups in total. The van der Waals surface area contributed by atoms with Crippen LogP contribution in [-0.2, 0) is 11.2 Å². The summed E-state index contributed by atoms with van der Waals surface area (Å²) in [6.45, 7) is 9.76. The molecular formula is C20H26BrN3O3S. The van der Waals surface area contributed by atoms with Crippen LogP contribution in [0.1, 0.15) is 25.0 Å². The van der Waals surface area contributed by atoms with Crippen molar-refractivity contribution in [2.24, 2.45) is 0 Å². The van der Waals surface area contributed by atoms with Crippen molar-refractivity contribution >= 4 is 38.4 Å². The first kappa shape index (κ1) is 21.1. The van der Waals surface area contributed by atoms with Crippen LogP contribution >= 0.6 is 27.3 Å². The molecule has 6 nitrogen and oxygen atoms in total. The molecule has 0 aliphatic carbocycles. The Morgan fingerprint density at radius 2 is 2.07 bits per heavy atom. The number of halogens is 1. The average molecular weight is 468 g/mol. The molecule has 0 bridgehead atoms. The number of carboxylic acids is 1. The summed E-state index contributed by atoms with van der Waals surface area (Å²) in [4.78, 5) is 20.2. The summed E-state index contributed by atoms with van der Waals surface area (Å²) >= 11 is 5.16. The van der Waals surface area contributed by atoms with Crippen molar-refractivity contribution in [1.29, 1.82) is 0 Å². The standard InChI is InChI=1S/C20H26BrN3O3S/c1-13-4-5-16(9-19(25)26)8-17(13)27-7-6-24-14(2)11-23(12-15(24)3)20-22-10-18(21)28-20/h4-5,8,10,14-15H,6-7,9,11-12H2,1-3H3,(H,25,26). The molecule has 1 fully saturated rings. The van der Waals surface area contributed by atoms with Gasteiger partial charge >= 0.3 is 5.97 Å². The number of piperazine rings is 1. The SMILES string of the molecule is Cc1ccc(CC(=O)O)cc1OCCN1C(C)CN(c2ncc(Br)s2)CC1C. The second-order valence-electron chi connectivity index (χ2n) is 7.31. The van der Waals surface area contributed by atoms with Crippen molar-refractivity contribution in [2.75, 3.05) is 31.1 Å². The highest BCUT2D eigenvalue weighted by Gasteiger charge is 2.30. The van der Waals surface area contributed by atoms with Gasteiger partial charge in [-0.1, -0.05) is 23.5 Å². The Hall–Kier alpha value is -1.64. The number of nitrogens with zero attached hydrogens (tertiary/aromatic N) is 3. The van der Waals surface area contributed by atoms with E-state index < -0.39 is 5.97 Å². The lowest BCUT2D eigenvalue weighted by molar-refractivity contribution is -0.136. The molecule has 0 amide bonds. The number of rotatable bonds is 7. The van der Waals surface area contributed by atoms with E-state index in [1.54, 1.807) is 11.3 Å². The van der Waals surface area contributed by atoms with Gasteiger partial charge < -0.3 is 14.7 Å². The first-order chi connectivity index (χ1) is 13.3. The third kappa shape index (κ3) is 5.24. The Morgan fingerprint density at radius 1 is 1.36 bits per heavy atom. The summed E-state index contributed by atoms with van der Waals surface area (Å²) in [6.07, 6.45) is 1.87. The molecule has 3 rings (SSSR count). The van der Waals surface area contributed by atoms with Gasteiger partial charge in [0.1, 0.15) is 12.4 Å². The molecule has 2 atom stereocenters. The molecule has 0 radical (unpaired) electrons. The second-order valence-corrected chi connectivity index (χ2v) is 9.69. The van der Waals surface area contributed by atoms with E-state index >= 15 is 0 Å². The first-order valence-electron chi connectivity index (χ1n) is 9.39. The number of carboxylic acid groups (broad SMARTS) is 1. The molecular weight excluding hydrogens is 442 g/mol. The first-order valence-corrected chi connectivity index (χ1v) is 11.0. The summed E-state index contributed by atoms with van der Waals surface area (Å²) in [5.74, 6) is -0.0621. The summed E-state index contributed by atoms with van der Waals surface area (Å²) < 4.78 is 7.06. The Morgan fingerprint density at radius 3 is 2.68 bits per heavy atom. The van der Waals surface area contributed by atoms with E-state index in [2.05, 4.69) is 44.6 Å². The number of aromatic nitrogens is 1. The number of aliphatic carboxylic acids is 1. The Balaban J connectivity index is 1.56. The van der Waals surface area contributed by atoms with Gasteiger partial charge in [-0.05, 0) is 53.9 Å². The van der Waals surface area contributed by atoms with Crippen molar-refractivity contribution in [2.45, 2.75) is 39.3 Å². The minimum Gasteiger partial charge on any atom is -0.492 e.